The second kappa shape index (κ2) is 10.1. The zero-order valence-electron chi connectivity index (χ0n) is 17.1. The van der Waals surface area contributed by atoms with Gasteiger partial charge in [0.25, 0.3) is 5.91 Å². The van der Waals surface area contributed by atoms with Crippen molar-refractivity contribution in [3.8, 4) is 15.7 Å². The second-order valence-electron chi connectivity index (χ2n) is 6.85. The summed E-state index contributed by atoms with van der Waals surface area (Å²) in [7, 11) is 0. The quantitative estimate of drug-likeness (QED) is 0.358. The Morgan fingerprint density at radius 3 is 2.53 bits per heavy atom. The van der Waals surface area contributed by atoms with Crippen LogP contribution in [0, 0.1) is 5.82 Å². The molecule has 0 aliphatic carbocycles. The number of hydrogen-bond donors (Lipinski definition) is 1. The van der Waals surface area contributed by atoms with Crippen LogP contribution in [0.15, 0.2) is 48.8 Å². The van der Waals surface area contributed by atoms with E-state index in [1.54, 1.807) is 19.1 Å². The van der Waals surface area contributed by atoms with E-state index >= 15 is 0 Å². The normalized spacial score (nSPS) is 12.2. The fourth-order valence-electron chi connectivity index (χ4n) is 2.93. The van der Waals surface area contributed by atoms with E-state index in [0.29, 0.717) is 15.7 Å². The molecule has 2 aromatic heterocycles. The number of aromatic nitrogens is 5. The van der Waals surface area contributed by atoms with Crippen LogP contribution in [0.25, 0.3) is 15.7 Å². The molecule has 0 spiro atoms. The number of amides is 1. The Kier molecular flexibility index (Phi) is 7.58. The largest absolute Gasteiger partial charge is 0.416 e. The van der Waals surface area contributed by atoms with Crippen LogP contribution in [0.3, 0.4) is 0 Å². The van der Waals surface area contributed by atoms with Crippen LogP contribution in [0.4, 0.5) is 17.6 Å². The molecule has 1 amide bonds. The summed E-state index contributed by atoms with van der Waals surface area (Å²) >= 11 is 6.93. The zero-order chi connectivity index (χ0) is 23.8. The van der Waals surface area contributed by atoms with Gasteiger partial charge in [-0.1, -0.05) is 22.9 Å². The fourth-order valence-corrected chi connectivity index (χ4v) is 3.98. The van der Waals surface area contributed by atoms with Gasteiger partial charge < -0.3 is 5.32 Å². The SMILES string of the molecule is C[C@H](NC(=O)c1cc(Cl)cc(C(F)(F)F)c1)c1ncnn1-c1nnc(-c2ccc(F)cc2)s1.S. The molecule has 7 nitrogen and oxygen atoms in total. The van der Waals surface area contributed by atoms with Gasteiger partial charge in [-0.05, 0) is 49.4 Å². The molecule has 0 aliphatic heterocycles. The Hall–Kier alpha value is -3.03. The van der Waals surface area contributed by atoms with Crippen LogP contribution in [0.5, 0.6) is 0 Å². The van der Waals surface area contributed by atoms with Crippen molar-refractivity contribution in [2.75, 3.05) is 0 Å². The van der Waals surface area contributed by atoms with Gasteiger partial charge >= 0.3 is 6.18 Å². The van der Waals surface area contributed by atoms with Crippen molar-refractivity contribution in [1.29, 1.82) is 0 Å². The Bertz CT molecular complexity index is 1310. The van der Waals surface area contributed by atoms with Gasteiger partial charge in [-0.3, -0.25) is 4.79 Å². The summed E-state index contributed by atoms with van der Waals surface area (Å²) in [4.78, 5) is 16.7. The van der Waals surface area contributed by atoms with Crippen molar-refractivity contribution >= 4 is 42.3 Å². The summed E-state index contributed by atoms with van der Waals surface area (Å²) in [6.45, 7) is 1.59. The number of alkyl halides is 3. The fraction of sp³-hybridized carbons (Fsp3) is 0.150. The lowest BCUT2D eigenvalue weighted by Crippen LogP contribution is -2.29. The van der Waals surface area contributed by atoms with E-state index in [2.05, 4.69) is 25.6 Å². The third kappa shape index (κ3) is 5.54. The molecule has 1 atom stereocenters. The number of nitrogens with zero attached hydrogens (tertiary/aromatic N) is 5. The predicted octanol–water partition coefficient (Wildman–Crippen LogP) is 5.20. The van der Waals surface area contributed by atoms with Gasteiger partial charge in [0.2, 0.25) is 5.13 Å². The maximum absolute atomic E-state index is 13.1. The van der Waals surface area contributed by atoms with Gasteiger partial charge in [-0.2, -0.15) is 36.4 Å². The maximum atomic E-state index is 13.1. The molecule has 0 aliphatic rings. The van der Waals surface area contributed by atoms with Crippen LogP contribution in [-0.2, 0) is 6.18 Å². The first kappa shape index (κ1) is 25.6. The third-order valence-electron chi connectivity index (χ3n) is 4.48. The van der Waals surface area contributed by atoms with Gasteiger partial charge in [0, 0.05) is 16.1 Å². The molecule has 14 heteroatoms. The molecule has 0 bridgehead atoms. The Morgan fingerprint density at radius 2 is 1.85 bits per heavy atom. The number of hydrogen-bond acceptors (Lipinski definition) is 6. The van der Waals surface area contributed by atoms with Crippen molar-refractivity contribution in [1.82, 2.24) is 30.3 Å². The van der Waals surface area contributed by atoms with Crippen molar-refractivity contribution < 1.29 is 22.4 Å². The standard InChI is InChI=1S/C20H13ClF4N6OS.H2S/c1-10(28-17(32)12-6-13(20(23,24)25)8-14(21)7-12)16-26-9-27-31(16)19-30-29-18(33-19)11-2-4-15(22)5-3-11;/h2-10H,1H3,(H,28,32);1H2/t10-;/m0./s1. The van der Waals surface area contributed by atoms with E-state index in [4.69, 9.17) is 11.6 Å². The molecule has 4 aromatic rings. The lowest BCUT2D eigenvalue weighted by atomic mass is 10.1. The minimum atomic E-state index is -4.65. The van der Waals surface area contributed by atoms with Crippen LogP contribution >= 0.6 is 36.4 Å². The molecule has 2 aromatic carbocycles. The number of rotatable bonds is 5. The first-order chi connectivity index (χ1) is 15.6. The Labute approximate surface area is 206 Å². The van der Waals surface area contributed by atoms with Gasteiger partial charge in [-0.15, -0.1) is 10.2 Å². The van der Waals surface area contributed by atoms with Crippen molar-refractivity contribution in [3.63, 3.8) is 0 Å². The molecule has 178 valence electrons. The number of carbonyl (C=O) groups excluding carboxylic acids is 1. The van der Waals surface area contributed by atoms with E-state index in [1.165, 1.54) is 23.1 Å². The minimum absolute atomic E-state index is 0. The molecule has 0 radical (unpaired) electrons. The molecular weight excluding hydrogens is 516 g/mol. The summed E-state index contributed by atoms with van der Waals surface area (Å²) in [6, 6.07) is 7.58. The average Bonchev–Trinajstić information content (AvgIpc) is 3.43. The number of benzene rings is 2. The van der Waals surface area contributed by atoms with Crippen molar-refractivity contribution in [2.45, 2.75) is 19.1 Å². The highest BCUT2D eigenvalue weighted by molar-refractivity contribution is 7.59. The summed E-state index contributed by atoms with van der Waals surface area (Å²) < 4.78 is 53.6. The van der Waals surface area contributed by atoms with Gasteiger partial charge in [-0.25, -0.2) is 9.37 Å². The smallest absolute Gasteiger partial charge is 0.342 e. The minimum Gasteiger partial charge on any atom is -0.342 e. The molecule has 1 N–H and O–H groups in total. The molecule has 0 saturated heterocycles. The Morgan fingerprint density at radius 1 is 1.15 bits per heavy atom. The van der Waals surface area contributed by atoms with E-state index in [1.807, 2.05) is 0 Å². The molecule has 4 rings (SSSR count). The van der Waals surface area contributed by atoms with E-state index in [9.17, 15) is 22.4 Å². The van der Waals surface area contributed by atoms with Gasteiger partial charge in [0.05, 0.1) is 11.6 Å². The number of nitrogens with one attached hydrogen (secondary N) is 1. The Balaban J connectivity index is 0.00000324. The lowest BCUT2D eigenvalue weighted by Gasteiger charge is -2.15. The summed E-state index contributed by atoms with van der Waals surface area (Å²) in [5.74, 6) is -0.869. The molecule has 0 saturated carbocycles. The topological polar surface area (TPSA) is 85.6 Å². The monoisotopic (exact) mass is 530 g/mol. The van der Waals surface area contributed by atoms with Crippen LogP contribution in [-0.4, -0.2) is 30.9 Å². The second-order valence-corrected chi connectivity index (χ2v) is 8.24. The number of carbonyl (C=O) groups is 1. The zero-order valence-corrected chi connectivity index (χ0v) is 19.7. The number of halogens is 5. The third-order valence-corrected chi connectivity index (χ3v) is 5.65. The summed E-state index contributed by atoms with van der Waals surface area (Å²) in [5, 5.41) is 15.5. The lowest BCUT2D eigenvalue weighted by molar-refractivity contribution is -0.137. The highest BCUT2D eigenvalue weighted by Crippen LogP contribution is 2.32. The van der Waals surface area contributed by atoms with Crippen LogP contribution in [0.1, 0.15) is 34.7 Å². The predicted molar refractivity (Wildman–Crippen MR) is 123 cm³/mol. The molecule has 2 heterocycles. The van der Waals surface area contributed by atoms with Gasteiger partial charge in [0.15, 0.2) is 5.82 Å². The summed E-state index contributed by atoms with van der Waals surface area (Å²) in [5.41, 5.74) is -0.620. The molecular formula is C20H15ClF4N6OS2. The van der Waals surface area contributed by atoms with E-state index < -0.39 is 23.7 Å². The first-order valence-electron chi connectivity index (χ1n) is 9.30. The molecule has 0 fully saturated rings. The first-order valence-corrected chi connectivity index (χ1v) is 10.5. The molecule has 34 heavy (non-hydrogen) atoms. The van der Waals surface area contributed by atoms with Crippen molar-refractivity contribution in [2.24, 2.45) is 0 Å². The van der Waals surface area contributed by atoms with E-state index in [0.717, 1.165) is 29.5 Å². The summed E-state index contributed by atoms with van der Waals surface area (Å²) in [6.07, 6.45) is -3.40. The molecule has 0 unspecified atom stereocenters. The maximum Gasteiger partial charge on any atom is 0.416 e. The highest BCUT2D eigenvalue weighted by atomic mass is 35.5. The van der Waals surface area contributed by atoms with Crippen molar-refractivity contribution in [3.05, 3.63) is 76.6 Å². The van der Waals surface area contributed by atoms with Crippen LogP contribution in [0.2, 0.25) is 5.02 Å². The van der Waals surface area contributed by atoms with Gasteiger partial charge in [0.1, 0.15) is 17.2 Å². The average molecular weight is 531 g/mol. The highest BCUT2D eigenvalue weighted by Gasteiger charge is 2.32. The van der Waals surface area contributed by atoms with E-state index in [-0.39, 0.29) is 35.7 Å². The van der Waals surface area contributed by atoms with Crippen LogP contribution < -0.4 is 5.32 Å².